The van der Waals surface area contributed by atoms with Crippen molar-refractivity contribution in [2.45, 2.75) is 0 Å². The SMILES string of the molecule is Nc1cc2ccccc2cc1C(=O)Oc1ccc2cccc(N)c2c1. The molecule has 0 aromatic heterocycles. The third-order valence-corrected chi connectivity index (χ3v) is 4.24. The number of benzene rings is 4. The lowest BCUT2D eigenvalue weighted by molar-refractivity contribution is 0.0736. The molecule has 0 aliphatic rings. The van der Waals surface area contributed by atoms with E-state index in [-0.39, 0.29) is 0 Å². The summed E-state index contributed by atoms with van der Waals surface area (Å²) >= 11 is 0. The quantitative estimate of drug-likeness (QED) is 0.325. The van der Waals surface area contributed by atoms with Crippen molar-refractivity contribution in [2.24, 2.45) is 0 Å². The lowest BCUT2D eigenvalue weighted by Crippen LogP contribution is -2.11. The number of hydrogen-bond donors (Lipinski definition) is 2. The highest BCUT2D eigenvalue weighted by Gasteiger charge is 2.14. The van der Waals surface area contributed by atoms with Gasteiger partial charge in [-0.3, -0.25) is 0 Å². The highest BCUT2D eigenvalue weighted by molar-refractivity contribution is 6.02. The van der Waals surface area contributed by atoms with E-state index in [1.54, 1.807) is 24.3 Å². The lowest BCUT2D eigenvalue weighted by atomic mass is 10.1. The highest BCUT2D eigenvalue weighted by atomic mass is 16.5. The maximum Gasteiger partial charge on any atom is 0.345 e. The molecule has 4 rings (SSSR count). The van der Waals surface area contributed by atoms with Gasteiger partial charge < -0.3 is 16.2 Å². The van der Waals surface area contributed by atoms with Gasteiger partial charge in [-0.15, -0.1) is 0 Å². The summed E-state index contributed by atoms with van der Waals surface area (Å²) in [4.78, 5) is 12.6. The second-order valence-corrected chi connectivity index (χ2v) is 5.91. The fourth-order valence-electron chi connectivity index (χ4n) is 2.94. The van der Waals surface area contributed by atoms with E-state index in [2.05, 4.69) is 0 Å². The minimum Gasteiger partial charge on any atom is -0.423 e. The predicted molar refractivity (Wildman–Crippen MR) is 102 cm³/mol. The number of nitrogen functional groups attached to an aromatic ring is 2. The van der Waals surface area contributed by atoms with Crippen molar-refractivity contribution >= 4 is 38.9 Å². The number of esters is 1. The number of hydrogen-bond acceptors (Lipinski definition) is 4. The van der Waals surface area contributed by atoms with Gasteiger partial charge in [0.25, 0.3) is 0 Å². The zero-order chi connectivity index (χ0) is 17.4. The first-order valence-corrected chi connectivity index (χ1v) is 7.90. The van der Waals surface area contributed by atoms with E-state index in [0.717, 1.165) is 21.5 Å². The summed E-state index contributed by atoms with van der Waals surface area (Å²) in [6.45, 7) is 0. The number of rotatable bonds is 2. The number of anilines is 2. The molecule has 0 fully saturated rings. The standard InChI is InChI=1S/C21H16N2O2/c22-19-7-3-6-13-8-9-16(12-17(13)19)25-21(24)18-10-14-4-1-2-5-15(14)11-20(18)23/h1-12H,22-23H2. The van der Waals surface area contributed by atoms with E-state index in [4.69, 9.17) is 16.2 Å². The van der Waals surface area contributed by atoms with E-state index in [1.807, 2.05) is 48.5 Å². The molecular weight excluding hydrogens is 312 g/mol. The number of carbonyl (C=O) groups excluding carboxylic acids is 1. The Bertz CT molecular complexity index is 1120. The van der Waals surface area contributed by atoms with Crippen molar-refractivity contribution in [2.75, 3.05) is 11.5 Å². The Morgan fingerprint density at radius 2 is 1.44 bits per heavy atom. The number of nitrogens with two attached hydrogens (primary N) is 2. The molecule has 25 heavy (non-hydrogen) atoms. The van der Waals surface area contributed by atoms with Crippen LogP contribution < -0.4 is 16.2 Å². The van der Waals surface area contributed by atoms with Gasteiger partial charge in [0.05, 0.1) is 5.56 Å². The molecule has 0 amide bonds. The average Bonchev–Trinajstić information content (AvgIpc) is 2.62. The molecule has 4 heteroatoms. The zero-order valence-electron chi connectivity index (χ0n) is 13.4. The maximum absolute atomic E-state index is 12.6. The highest BCUT2D eigenvalue weighted by Crippen LogP contribution is 2.27. The first-order valence-electron chi connectivity index (χ1n) is 7.90. The molecule has 0 aliphatic heterocycles. The molecule has 4 aromatic carbocycles. The molecule has 0 radical (unpaired) electrons. The molecule has 0 saturated heterocycles. The first kappa shape index (κ1) is 15.0. The van der Waals surface area contributed by atoms with Crippen LogP contribution in [-0.4, -0.2) is 5.97 Å². The molecular formula is C21H16N2O2. The monoisotopic (exact) mass is 328 g/mol. The first-order chi connectivity index (χ1) is 12.1. The minimum absolute atomic E-state index is 0.347. The van der Waals surface area contributed by atoms with Crippen molar-refractivity contribution in [3.05, 3.63) is 78.4 Å². The molecule has 4 aromatic rings. The van der Waals surface area contributed by atoms with Gasteiger partial charge in [0.1, 0.15) is 5.75 Å². The third kappa shape index (κ3) is 2.74. The Hall–Kier alpha value is -3.53. The molecule has 0 atom stereocenters. The van der Waals surface area contributed by atoms with Gasteiger partial charge in [-0.05, 0) is 46.5 Å². The molecule has 0 heterocycles. The van der Waals surface area contributed by atoms with Crippen LogP contribution in [0, 0.1) is 0 Å². The predicted octanol–water partition coefficient (Wildman–Crippen LogP) is 4.38. The summed E-state index contributed by atoms with van der Waals surface area (Å²) in [5.41, 5.74) is 13.4. The molecule has 0 bridgehead atoms. The van der Waals surface area contributed by atoms with E-state index in [1.165, 1.54) is 0 Å². The molecule has 4 nitrogen and oxygen atoms in total. The maximum atomic E-state index is 12.6. The smallest absolute Gasteiger partial charge is 0.345 e. The number of fused-ring (bicyclic) bond motifs is 2. The topological polar surface area (TPSA) is 78.3 Å². The molecule has 0 spiro atoms. The van der Waals surface area contributed by atoms with E-state index < -0.39 is 5.97 Å². The van der Waals surface area contributed by atoms with Gasteiger partial charge in [0.2, 0.25) is 0 Å². The Kier molecular flexibility index (Phi) is 3.51. The van der Waals surface area contributed by atoms with Gasteiger partial charge in [-0.2, -0.15) is 0 Å². The number of ether oxygens (including phenoxy) is 1. The van der Waals surface area contributed by atoms with Gasteiger partial charge >= 0.3 is 5.97 Å². The van der Waals surface area contributed by atoms with Crippen LogP contribution in [0.15, 0.2) is 72.8 Å². The normalized spacial score (nSPS) is 10.9. The largest absolute Gasteiger partial charge is 0.423 e. The van der Waals surface area contributed by atoms with E-state index >= 15 is 0 Å². The van der Waals surface area contributed by atoms with Crippen LogP contribution in [0.4, 0.5) is 11.4 Å². The van der Waals surface area contributed by atoms with Crippen LogP contribution >= 0.6 is 0 Å². The van der Waals surface area contributed by atoms with Crippen molar-refractivity contribution < 1.29 is 9.53 Å². The van der Waals surface area contributed by atoms with Crippen molar-refractivity contribution in [1.29, 1.82) is 0 Å². The van der Waals surface area contributed by atoms with Gasteiger partial charge in [-0.1, -0.05) is 42.5 Å². The second kappa shape index (κ2) is 5.83. The third-order valence-electron chi connectivity index (χ3n) is 4.24. The average molecular weight is 328 g/mol. The summed E-state index contributed by atoms with van der Waals surface area (Å²) in [7, 11) is 0. The molecule has 4 N–H and O–H groups in total. The molecule has 0 unspecified atom stereocenters. The Morgan fingerprint density at radius 1 is 0.720 bits per heavy atom. The van der Waals surface area contributed by atoms with Crippen molar-refractivity contribution in [1.82, 2.24) is 0 Å². The fraction of sp³-hybridized carbons (Fsp3) is 0. The Balaban J connectivity index is 1.70. The van der Waals surface area contributed by atoms with Crippen molar-refractivity contribution in [3.63, 3.8) is 0 Å². The van der Waals surface area contributed by atoms with E-state index in [9.17, 15) is 4.79 Å². The summed E-state index contributed by atoms with van der Waals surface area (Å²) < 4.78 is 5.52. The lowest BCUT2D eigenvalue weighted by Gasteiger charge is -2.10. The second-order valence-electron chi connectivity index (χ2n) is 5.91. The van der Waals surface area contributed by atoms with Crippen LogP contribution in [0.2, 0.25) is 0 Å². The van der Waals surface area contributed by atoms with Crippen LogP contribution in [0.5, 0.6) is 5.75 Å². The molecule has 122 valence electrons. The van der Waals surface area contributed by atoms with Crippen molar-refractivity contribution in [3.8, 4) is 5.75 Å². The summed E-state index contributed by atoms with van der Waals surface area (Å²) in [5, 5.41) is 3.76. The minimum atomic E-state index is -0.489. The molecule has 0 saturated carbocycles. The summed E-state index contributed by atoms with van der Waals surface area (Å²) in [6.07, 6.45) is 0. The van der Waals surface area contributed by atoms with Crippen LogP contribution in [0.25, 0.3) is 21.5 Å². The summed E-state index contributed by atoms with van der Waals surface area (Å²) in [5.74, 6) is -0.0555. The van der Waals surface area contributed by atoms with Gasteiger partial charge in [-0.25, -0.2) is 4.79 Å². The fourth-order valence-corrected chi connectivity index (χ4v) is 2.94. The Labute approximate surface area is 144 Å². The Morgan fingerprint density at radius 3 is 2.24 bits per heavy atom. The zero-order valence-corrected chi connectivity index (χ0v) is 13.4. The summed E-state index contributed by atoms with van der Waals surface area (Å²) in [6, 6.07) is 22.3. The number of carbonyl (C=O) groups is 1. The van der Waals surface area contributed by atoms with Crippen LogP contribution in [0.3, 0.4) is 0 Å². The van der Waals surface area contributed by atoms with E-state index in [0.29, 0.717) is 22.7 Å². The van der Waals surface area contributed by atoms with Gasteiger partial charge in [0, 0.05) is 16.8 Å². The van der Waals surface area contributed by atoms with Crippen LogP contribution in [-0.2, 0) is 0 Å². The van der Waals surface area contributed by atoms with Crippen LogP contribution in [0.1, 0.15) is 10.4 Å². The molecule has 0 aliphatic carbocycles. The van der Waals surface area contributed by atoms with Gasteiger partial charge in [0.15, 0.2) is 0 Å².